The summed E-state index contributed by atoms with van der Waals surface area (Å²) >= 11 is 0. The van der Waals surface area contributed by atoms with Crippen LogP contribution in [0.25, 0.3) is 83.0 Å². The summed E-state index contributed by atoms with van der Waals surface area (Å²) in [6, 6.07) is 68.6. The van der Waals surface area contributed by atoms with Crippen LogP contribution in [0.3, 0.4) is 0 Å². The molecule has 3 heterocycles. The molecular weight excluding hydrogens is 655 g/mol. The number of hydrogen-bond acceptors (Lipinski definition) is 2. The lowest BCUT2D eigenvalue weighted by atomic mass is 9.65. The molecule has 2 aromatic heterocycles. The Bertz CT molecular complexity index is 3100. The smallest absolute Gasteiger partial charge is 0.0936 e. The Morgan fingerprint density at radius 1 is 0.370 bits per heavy atom. The molecule has 1 aliphatic heterocycles. The normalized spacial score (nSPS) is 13.3. The summed E-state index contributed by atoms with van der Waals surface area (Å²) in [6.07, 6.45) is 0. The Labute approximate surface area is 312 Å². The van der Waals surface area contributed by atoms with Crippen molar-refractivity contribution >= 4 is 32.6 Å². The fourth-order valence-corrected chi connectivity index (χ4v) is 9.66. The molecule has 3 heteroatoms. The first-order valence-corrected chi connectivity index (χ1v) is 18.6. The summed E-state index contributed by atoms with van der Waals surface area (Å²) in [5.41, 5.74) is 17.6. The largest absolute Gasteiger partial charge is 0.309 e. The summed E-state index contributed by atoms with van der Waals surface area (Å²) in [5, 5.41) is 14.3. The molecule has 0 saturated heterocycles. The SMILES string of the molecule is c1ccc2c(c1)-c1ccccc1C21c2ccccc2-n2c3cc(-c4ccc(-c5ccc(-c6cccc7ccccc67)nn5)cc4)ccc3c3cccc1c32. The average molecular weight is 686 g/mol. The van der Waals surface area contributed by atoms with Crippen molar-refractivity contribution in [3.05, 3.63) is 210 Å². The van der Waals surface area contributed by atoms with Crippen LogP contribution in [0.15, 0.2) is 188 Å². The van der Waals surface area contributed by atoms with Crippen LogP contribution in [-0.4, -0.2) is 14.8 Å². The van der Waals surface area contributed by atoms with E-state index in [1.807, 2.05) is 0 Å². The van der Waals surface area contributed by atoms with E-state index < -0.39 is 5.41 Å². The zero-order chi connectivity index (χ0) is 35.4. The number of nitrogens with zero attached hydrogens (tertiary/aromatic N) is 3. The van der Waals surface area contributed by atoms with Crippen LogP contribution in [0.5, 0.6) is 0 Å². The number of hydrogen-bond donors (Lipinski definition) is 0. The number of rotatable bonds is 3. The standard InChI is InChI=1S/C51H31N3/c1-2-13-36-33(11-1)12-9-16-39(36)47-30-29-46(52-53-47)34-25-23-32(24-26-34)35-27-28-40-41-17-10-21-45-50(41)54(49(40)31-35)48-22-8-7-20-44(48)51(45)42-18-5-3-14-37(42)38-15-4-6-19-43(38)51/h1-31H. The molecule has 1 spiro atoms. The third-order valence-corrected chi connectivity index (χ3v) is 11.9. The van der Waals surface area contributed by atoms with Crippen molar-refractivity contribution in [3.63, 3.8) is 0 Å². The molecule has 10 aromatic rings. The summed E-state index contributed by atoms with van der Waals surface area (Å²) < 4.78 is 2.52. The number of aromatic nitrogens is 3. The third kappa shape index (κ3) is 3.85. The predicted molar refractivity (Wildman–Crippen MR) is 221 cm³/mol. The van der Waals surface area contributed by atoms with Crippen molar-refractivity contribution in [2.75, 3.05) is 0 Å². The molecule has 2 aliphatic rings. The molecule has 54 heavy (non-hydrogen) atoms. The van der Waals surface area contributed by atoms with Crippen LogP contribution in [0.1, 0.15) is 22.3 Å². The van der Waals surface area contributed by atoms with Gasteiger partial charge in [-0.2, -0.15) is 0 Å². The predicted octanol–water partition coefficient (Wildman–Crippen LogP) is 12.4. The quantitative estimate of drug-likeness (QED) is 0.185. The first-order chi connectivity index (χ1) is 26.8. The van der Waals surface area contributed by atoms with Crippen molar-refractivity contribution in [1.82, 2.24) is 14.8 Å². The highest BCUT2D eigenvalue weighted by Crippen LogP contribution is 2.60. The van der Waals surface area contributed by atoms with Gasteiger partial charge in [-0.05, 0) is 79.5 Å². The minimum atomic E-state index is -0.400. The molecular formula is C51H31N3. The van der Waals surface area contributed by atoms with Crippen LogP contribution >= 0.6 is 0 Å². The van der Waals surface area contributed by atoms with E-state index in [2.05, 4.69) is 203 Å². The van der Waals surface area contributed by atoms with E-state index >= 15 is 0 Å². The van der Waals surface area contributed by atoms with Gasteiger partial charge in [-0.1, -0.05) is 164 Å². The number of benzene rings is 8. The van der Waals surface area contributed by atoms with Gasteiger partial charge in [0.15, 0.2) is 0 Å². The van der Waals surface area contributed by atoms with Crippen molar-refractivity contribution in [3.8, 4) is 50.5 Å². The van der Waals surface area contributed by atoms with Gasteiger partial charge in [-0.15, -0.1) is 10.2 Å². The number of para-hydroxylation sites is 2. The van der Waals surface area contributed by atoms with E-state index in [4.69, 9.17) is 0 Å². The highest BCUT2D eigenvalue weighted by atomic mass is 15.1. The summed E-state index contributed by atoms with van der Waals surface area (Å²) in [4.78, 5) is 0. The Balaban J connectivity index is 0.985. The molecule has 0 unspecified atom stereocenters. The van der Waals surface area contributed by atoms with Crippen molar-refractivity contribution in [1.29, 1.82) is 0 Å². The molecule has 0 saturated carbocycles. The van der Waals surface area contributed by atoms with Crippen molar-refractivity contribution < 1.29 is 0 Å². The molecule has 0 fully saturated rings. The third-order valence-electron chi connectivity index (χ3n) is 11.9. The molecule has 0 bridgehead atoms. The van der Waals surface area contributed by atoms with Gasteiger partial charge in [0.05, 0.1) is 33.5 Å². The van der Waals surface area contributed by atoms with E-state index in [1.54, 1.807) is 0 Å². The number of fused-ring (bicyclic) bond motifs is 13. The Morgan fingerprint density at radius 3 is 1.74 bits per heavy atom. The molecule has 3 nitrogen and oxygen atoms in total. The minimum Gasteiger partial charge on any atom is -0.309 e. The first kappa shape index (κ1) is 29.5. The van der Waals surface area contributed by atoms with E-state index in [0.29, 0.717) is 0 Å². The molecule has 1 aliphatic carbocycles. The zero-order valence-corrected chi connectivity index (χ0v) is 29.2. The Morgan fingerprint density at radius 2 is 0.944 bits per heavy atom. The monoisotopic (exact) mass is 685 g/mol. The minimum absolute atomic E-state index is 0.400. The zero-order valence-electron chi connectivity index (χ0n) is 29.2. The van der Waals surface area contributed by atoms with Gasteiger partial charge in [0.2, 0.25) is 0 Å². The highest BCUT2D eigenvalue weighted by molar-refractivity contribution is 6.13. The lowest BCUT2D eigenvalue weighted by molar-refractivity contribution is 0.748. The van der Waals surface area contributed by atoms with Gasteiger partial charge in [-0.25, -0.2) is 0 Å². The fourth-order valence-electron chi connectivity index (χ4n) is 9.66. The van der Waals surface area contributed by atoms with Gasteiger partial charge in [0, 0.05) is 21.9 Å². The average Bonchev–Trinajstić information content (AvgIpc) is 3.74. The molecule has 250 valence electrons. The van der Waals surface area contributed by atoms with E-state index in [-0.39, 0.29) is 0 Å². The van der Waals surface area contributed by atoms with Crippen molar-refractivity contribution in [2.45, 2.75) is 5.41 Å². The molecule has 8 aromatic carbocycles. The molecule has 0 atom stereocenters. The van der Waals surface area contributed by atoms with E-state index in [1.165, 1.54) is 82.8 Å². The summed E-state index contributed by atoms with van der Waals surface area (Å²) in [5.74, 6) is 0. The second-order valence-corrected chi connectivity index (χ2v) is 14.5. The van der Waals surface area contributed by atoms with Crippen LogP contribution < -0.4 is 0 Å². The summed E-state index contributed by atoms with van der Waals surface area (Å²) in [6.45, 7) is 0. The van der Waals surface area contributed by atoms with Gasteiger partial charge in [0.25, 0.3) is 0 Å². The Kier molecular flexibility index (Phi) is 5.98. The highest BCUT2D eigenvalue weighted by Gasteiger charge is 2.50. The van der Waals surface area contributed by atoms with Gasteiger partial charge in [0.1, 0.15) is 0 Å². The Hall–Kier alpha value is -7.10. The molecule has 0 amide bonds. The lowest BCUT2D eigenvalue weighted by Crippen LogP contribution is -2.33. The van der Waals surface area contributed by atoms with E-state index in [9.17, 15) is 0 Å². The maximum absolute atomic E-state index is 4.66. The van der Waals surface area contributed by atoms with Crippen LogP contribution in [0.4, 0.5) is 0 Å². The van der Waals surface area contributed by atoms with Gasteiger partial charge >= 0.3 is 0 Å². The van der Waals surface area contributed by atoms with Crippen LogP contribution in [0, 0.1) is 0 Å². The van der Waals surface area contributed by atoms with Crippen LogP contribution in [0.2, 0.25) is 0 Å². The van der Waals surface area contributed by atoms with Gasteiger partial charge in [-0.3, -0.25) is 0 Å². The fraction of sp³-hybridized carbons (Fsp3) is 0.0196. The maximum Gasteiger partial charge on any atom is 0.0936 e. The second kappa shape index (κ2) is 11.0. The molecule has 0 N–H and O–H groups in total. The molecule has 0 radical (unpaired) electrons. The topological polar surface area (TPSA) is 30.7 Å². The maximum atomic E-state index is 4.66. The summed E-state index contributed by atoms with van der Waals surface area (Å²) in [7, 11) is 0. The second-order valence-electron chi connectivity index (χ2n) is 14.5. The van der Waals surface area contributed by atoms with E-state index in [0.717, 1.165) is 22.5 Å². The molecule has 12 rings (SSSR count). The van der Waals surface area contributed by atoms with Crippen molar-refractivity contribution in [2.24, 2.45) is 0 Å². The van der Waals surface area contributed by atoms with Crippen LogP contribution in [-0.2, 0) is 5.41 Å². The first-order valence-electron chi connectivity index (χ1n) is 18.6. The van der Waals surface area contributed by atoms with Gasteiger partial charge < -0.3 is 4.57 Å². The lowest BCUT2D eigenvalue weighted by Gasteiger charge is -2.39.